The van der Waals surface area contributed by atoms with Crippen molar-refractivity contribution in [1.82, 2.24) is 0 Å². The molecule has 0 aliphatic rings. The summed E-state index contributed by atoms with van der Waals surface area (Å²) in [7, 11) is -0.839. The normalized spacial score (nSPS) is 16.3. The van der Waals surface area contributed by atoms with Crippen molar-refractivity contribution >= 4 is 10.8 Å². The first-order chi connectivity index (χ1) is 4.59. The van der Waals surface area contributed by atoms with Crippen LogP contribution in [0.3, 0.4) is 0 Å². The second kappa shape index (κ2) is 4.45. The van der Waals surface area contributed by atoms with Gasteiger partial charge in [-0.2, -0.15) is 5.26 Å². The molecule has 0 bridgehead atoms. The quantitative estimate of drug-likeness (QED) is 0.625. The van der Waals surface area contributed by atoms with Crippen molar-refractivity contribution in [2.45, 2.75) is 37.7 Å². The van der Waals surface area contributed by atoms with E-state index in [0.29, 0.717) is 6.42 Å². The Morgan fingerprint density at radius 1 is 1.50 bits per heavy atom. The summed E-state index contributed by atoms with van der Waals surface area (Å²) < 4.78 is 11.2. The van der Waals surface area contributed by atoms with E-state index in [2.05, 4.69) is 0 Å². The monoisotopic (exact) mass is 159 g/mol. The van der Waals surface area contributed by atoms with Gasteiger partial charge >= 0.3 is 0 Å². The van der Waals surface area contributed by atoms with Crippen LogP contribution >= 0.6 is 0 Å². The molecule has 58 valence electrons. The van der Waals surface area contributed by atoms with Crippen LogP contribution in [-0.2, 0) is 10.8 Å². The lowest BCUT2D eigenvalue weighted by Crippen LogP contribution is -2.18. The van der Waals surface area contributed by atoms with Gasteiger partial charge in [-0.15, -0.1) is 0 Å². The predicted molar refractivity (Wildman–Crippen MR) is 43.0 cm³/mol. The summed E-state index contributed by atoms with van der Waals surface area (Å²) in [4.78, 5) is 0. The Balaban J connectivity index is 3.85. The van der Waals surface area contributed by atoms with Crippen LogP contribution in [0.4, 0.5) is 0 Å². The fourth-order valence-electron chi connectivity index (χ4n) is 0.675. The van der Waals surface area contributed by atoms with Crippen molar-refractivity contribution < 1.29 is 4.21 Å². The van der Waals surface area contributed by atoms with Crippen LogP contribution in [-0.4, -0.2) is 14.7 Å². The summed E-state index contributed by atoms with van der Waals surface area (Å²) in [5, 5.41) is 8.47. The maximum absolute atomic E-state index is 11.2. The molecule has 0 aromatic rings. The highest BCUT2D eigenvalue weighted by Crippen LogP contribution is 2.05. The molecule has 0 aromatic heterocycles. The van der Waals surface area contributed by atoms with Crippen molar-refractivity contribution in [3.8, 4) is 6.07 Å². The molecule has 0 spiro atoms. The molecule has 0 saturated carbocycles. The van der Waals surface area contributed by atoms with Crippen molar-refractivity contribution in [2.75, 3.05) is 0 Å². The highest BCUT2D eigenvalue weighted by Gasteiger charge is 2.13. The van der Waals surface area contributed by atoms with Crippen LogP contribution in [0.1, 0.15) is 27.2 Å². The van der Waals surface area contributed by atoms with E-state index in [1.54, 1.807) is 0 Å². The second-order valence-electron chi connectivity index (χ2n) is 2.55. The molecule has 0 fully saturated rings. The van der Waals surface area contributed by atoms with E-state index in [0.717, 1.165) is 0 Å². The molecule has 0 heterocycles. The van der Waals surface area contributed by atoms with Crippen LogP contribution in [0.2, 0.25) is 0 Å². The molecule has 2 atom stereocenters. The molecule has 0 rings (SSSR count). The maximum Gasteiger partial charge on any atom is 0.0634 e. The third-order valence-corrected chi connectivity index (χ3v) is 3.13. The SMILES string of the molecule is CC(C)S(=O)C(C)CC#N. The smallest absolute Gasteiger partial charge is 0.0634 e. The molecule has 0 aliphatic heterocycles. The lowest BCUT2D eigenvalue weighted by Gasteiger charge is -2.09. The minimum atomic E-state index is -0.839. The Morgan fingerprint density at radius 2 is 2.00 bits per heavy atom. The molecule has 3 heteroatoms. The predicted octanol–water partition coefficient (Wildman–Crippen LogP) is 1.45. The third-order valence-electron chi connectivity index (χ3n) is 1.24. The summed E-state index contributed by atoms with van der Waals surface area (Å²) in [6, 6.07) is 2.01. The van der Waals surface area contributed by atoms with Gasteiger partial charge in [0.25, 0.3) is 0 Å². The van der Waals surface area contributed by atoms with Gasteiger partial charge in [0.2, 0.25) is 0 Å². The van der Waals surface area contributed by atoms with Gasteiger partial charge in [0.05, 0.1) is 6.07 Å². The average molecular weight is 159 g/mol. The molecule has 0 saturated heterocycles. The van der Waals surface area contributed by atoms with Crippen LogP contribution in [0.15, 0.2) is 0 Å². The van der Waals surface area contributed by atoms with E-state index in [4.69, 9.17) is 5.26 Å². The molecular formula is C7H13NOS. The van der Waals surface area contributed by atoms with Crippen LogP contribution < -0.4 is 0 Å². The first-order valence-electron chi connectivity index (χ1n) is 3.36. The Kier molecular flexibility index (Phi) is 4.29. The largest absolute Gasteiger partial charge is 0.259 e. The minimum absolute atomic E-state index is 0.0185. The lowest BCUT2D eigenvalue weighted by molar-refractivity contribution is 0.666. The van der Waals surface area contributed by atoms with Gasteiger partial charge in [-0.3, -0.25) is 4.21 Å². The number of nitriles is 1. The fraction of sp³-hybridized carbons (Fsp3) is 0.857. The zero-order chi connectivity index (χ0) is 8.15. The standard InChI is InChI=1S/C7H13NOS/c1-6(2)10(9)7(3)4-5-8/h6-7H,4H2,1-3H3. The number of hydrogen-bond acceptors (Lipinski definition) is 2. The third kappa shape index (κ3) is 2.98. The fourth-order valence-corrected chi connectivity index (χ4v) is 1.84. The van der Waals surface area contributed by atoms with Gasteiger partial charge in [0.15, 0.2) is 0 Å². The molecular weight excluding hydrogens is 146 g/mol. The van der Waals surface area contributed by atoms with Gasteiger partial charge in [-0.1, -0.05) is 13.8 Å². The van der Waals surface area contributed by atoms with E-state index in [1.165, 1.54) is 0 Å². The molecule has 0 N–H and O–H groups in total. The summed E-state index contributed by atoms with van der Waals surface area (Å²) in [6.45, 7) is 5.66. The molecule has 10 heavy (non-hydrogen) atoms. The topological polar surface area (TPSA) is 40.9 Å². The lowest BCUT2D eigenvalue weighted by atomic mass is 10.4. The average Bonchev–Trinajstić information content (AvgIpc) is 1.87. The van der Waals surface area contributed by atoms with Crippen molar-refractivity contribution in [3.05, 3.63) is 0 Å². The van der Waals surface area contributed by atoms with E-state index in [9.17, 15) is 4.21 Å². The Hall–Kier alpha value is -0.360. The van der Waals surface area contributed by atoms with Crippen LogP contribution in [0, 0.1) is 11.3 Å². The van der Waals surface area contributed by atoms with E-state index >= 15 is 0 Å². The van der Waals surface area contributed by atoms with Gasteiger partial charge < -0.3 is 0 Å². The summed E-state index contributed by atoms with van der Waals surface area (Å²) in [6.07, 6.45) is 0.394. The number of nitrogens with zero attached hydrogens (tertiary/aromatic N) is 1. The number of rotatable bonds is 3. The van der Waals surface area contributed by atoms with E-state index in [-0.39, 0.29) is 10.5 Å². The van der Waals surface area contributed by atoms with Gasteiger partial charge in [-0.05, 0) is 6.92 Å². The van der Waals surface area contributed by atoms with E-state index in [1.807, 2.05) is 26.8 Å². The number of hydrogen-bond donors (Lipinski definition) is 0. The molecule has 2 nitrogen and oxygen atoms in total. The van der Waals surface area contributed by atoms with Crippen LogP contribution in [0.25, 0.3) is 0 Å². The van der Waals surface area contributed by atoms with E-state index < -0.39 is 10.8 Å². The first-order valence-corrected chi connectivity index (χ1v) is 4.63. The van der Waals surface area contributed by atoms with Gasteiger partial charge in [0, 0.05) is 27.7 Å². The van der Waals surface area contributed by atoms with Gasteiger partial charge in [-0.25, -0.2) is 0 Å². The molecule has 0 aromatic carbocycles. The first kappa shape index (κ1) is 9.64. The Labute approximate surface area is 64.7 Å². The molecule has 0 amide bonds. The molecule has 2 unspecified atom stereocenters. The highest BCUT2D eigenvalue weighted by atomic mass is 32.2. The van der Waals surface area contributed by atoms with Crippen molar-refractivity contribution in [2.24, 2.45) is 0 Å². The summed E-state index contributed by atoms with van der Waals surface area (Å²) in [5.41, 5.74) is 0. The van der Waals surface area contributed by atoms with Crippen LogP contribution in [0.5, 0.6) is 0 Å². The zero-order valence-electron chi connectivity index (χ0n) is 6.63. The van der Waals surface area contributed by atoms with Crippen molar-refractivity contribution in [3.63, 3.8) is 0 Å². The maximum atomic E-state index is 11.2. The Bertz CT molecular complexity index is 159. The second-order valence-corrected chi connectivity index (χ2v) is 4.95. The summed E-state index contributed by atoms with van der Waals surface area (Å²) in [5.74, 6) is 0. The minimum Gasteiger partial charge on any atom is -0.259 e. The Morgan fingerprint density at radius 3 is 2.30 bits per heavy atom. The van der Waals surface area contributed by atoms with Gasteiger partial charge in [0.1, 0.15) is 0 Å². The van der Waals surface area contributed by atoms with Crippen molar-refractivity contribution in [1.29, 1.82) is 5.26 Å². The molecule has 0 aliphatic carbocycles. The molecule has 0 radical (unpaired) electrons. The summed E-state index contributed by atoms with van der Waals surface area (Å²) >= 11 is 0. The highest BCUT2D eigenvalue weighted by molar-refractivity contribution is 7.86. The zero-order valence-corrected chi connectivity index (χ0v) is 7.44.